The number of carbonyl (C=O) groups is 3. The lowest BCUT2D eigenvalue weighted by Crippen LogP contribution is -2.51. The van der Waals surface area contributed by atoms with Gasteiger partial charge in [-0.2, -0.15) is 0 Å². The van der Waals surface area contributed by atoms with Crippen molar-refractivity contribution in [3.8, 4) is 0 Å². The molecule has 0 spiro atoms. The van der Waals surface area contributed by atoms with Gasteiger partial charge in [0.2, 0.25) is 5.91 Å². The lowest BCUT2D eigenvalue weighted by molar-refractivity contribution is -0.145. The molecule has 1 fully saturated rings. The Labute approximate surface area is 176 Å². The summed E-state index contributed by atoms with van der Waals surface area (Å²) in [6.07, 6.45) is 0.991. The van der Waals surface area contributed by atoms with Gasteiger partial charge in [0.05, 0.1) is 7.11 Å². The quantitative estimate of drug-likeness (QED) is 0.710. The van der Waals surface area contributed by atoms with E-state index >= 15 is 0 Å². The first kappa shape index (κ1) is 21.4. The van der Waals surface area contributed by atoms with Crippen molar-refractivity contribution in [1.82, 2.24) is 10.2 Å². The molecular weight excluding hydrogens is 384 g/mol. The lowest BCUT2D eigenvalue weighted by atomic mass is 10.1. The van der Waals surface area contributed by atoms with Crippen LogP contribution in [0.25, 0.3) is 0 Å². The molecule has 158 valence electrons. The number of benzene rings is 2. The average Bonchev–Trinajstić information content (AvgIpc) is 3.28. The van der Waals surface area contributed by atoms with Gasteiger partial charge in [0, 0.05) is 13.0 Å². The van der Waals surface area contributed by atoms with E-state index in [2.05, 4.69) is 5.32 Å². The Morgan fingerprint density at radius 2 is 1.67 bits per heavy atom. The summed E-state index contributed by atoms with van der Waals surface area (Å²) < 4.78 is 10.2. The van der Waals surface area contributed by atoms with Gasteiger partial charge in [-0.15, -0.1) is 0 Å². The van der Waals surface area contributed by atoms with Gasteiger partial charge < -0.3 is 14.8 Å². The third kappa shape index (κ3) is 5.59. The SMILES string of the molecule is COC(=O)[C@@H](Cc1ccccc1)NC(=O)[C@@H]1CCCN1C(=O)OCc1ccccc1. The minimum absolute atomic E-state index is 0.142. The van der Waals surface area contributed by atoms with Gasteiger partial charge in [-0.25, -0.2) is 9.59 Å². The monoisotopic (exact) mass is 410 g/mol. The number of hydrogen-bond donors (Lipinski definition) is 1. The molecule has 0 saturated carbocycles. The molecule has 7 heteroatoms. The Balaban J connectivity index is 1.61. The number of nitrogens with one attached hydrogen (secondary N) is 1. The number of rotatable bonds is 7. The van der Waals surface area contributed by atoms with Crippen molar-refractivity contribution < 1.29 is 23.9 Å². The van der Waals surface area contributed by atoms with Crippen molar-refractivity contribution in [3.05, 3.63) is 71.8 Å². The second-order valence-corrected chi connectivity index (χ2v) is 7.17. The van der Waals surface area contributed by atoms with Gasteiger partial charge in [0.25, 0.3) is 0 Å². The summed E-state index contributed by atoms with van der Waals surface area (Å²) in [5, 5.41) is 2.75. The van der Waals surface area contributed by atoms with Gasteiger partial charge in [0.1, 0.15) is 18.7 Å². The zero-order chi connectivity index (χ0) is 21.3. The molecular formula is C23H26N2O5. The minimum atomic E-state index is -0.826. The first-order chi connectivity index (χ1) is 14.6. The molecule has 0 aromatic heterocycles. The highest BCUT2D eigenvalue weighted by Crippen LogP contribution is 2.19. The maximum Gasteiger partial charge on any atom is 0.410 e. The Morgan fingerprint density at radius 3 is 2.30 bits per heavy atom. The highest BCUT2D eigenvalue weighted by molar-refractivity contribution is 5.90. The number of ether oxygens (including phenoxy) is 2. The largest absolute Gasteiger partial charge is 0.467 e. The van der Waals surface area contributed by atoms with Crippen LogP contribution >= 0.6 is 0 Å². The smallest absolute Gasteiger partial charge is 0.410 e. The van der Waals surface area contributed by atoms with E-state index in [1.54, 1.807) is 0 Å². The predicted octanol–water partition coefficient (Wildman–Crippen LogP) is 2.69. The summed E-state index contributed by atoms with van der Waals surface area (Å²) in [4.78, 5) is 39.0. The van der Waals surface area contributed by atoms with Crippen molar-refractivity contribution in [3.63, 3.8) is 0 Å². The van der Waals surface area contributed by atoms with Crippen molar-refractivity contribution in [2.24, 2.45) is 0 Å². The molecule has 2 amide bonds. The second-order valence-electron chi connectivity index (χ2n) is 7.17. The van der Waals surface area contributed by atoms with Crippen LogP contribution in [-0.2, 0) is 32.1 Å². The van der Waals surface area contributed by atoms with Crippen LogP contribution in [0.3, 0.4) is 0 Å². The first-order valence-electron chi connectivity index (χ1n) is 9.98. The minimum Gasteiger partial charge on any atom is -0.467 e. The molecule has 2 aromatic carbocycles. The zero-order valence-electron chi connectivity index (χ0n) is 17.0. The molecule has 3 rings (SSSR count). The summed E-state index contributed by atoms with van der Waals surface area (Å²) in [6, 6.07) is 17.2. The lowest BCUT2D eigenvalue weighted by Gasteiger charge is -2.25. The molecule has 1 aliphatic rings. The Morgan fingerprint density at radius 1 is 1.03 bits per heavy atom. The number of amides is 2. The molecule has 7 nitrogen and oxygen atoms in total. The molecule has 1 N–H and O–H groups in total. The summed E-state index contributed by atoms with van der Waals surface area (Å²) >= 11 is 0. The van der Waals surface area contributed by atoms with Crippen molar-refractivity contribution in [2.75, 3.05) is 13.7 Å². The number of methoxy groups -OCH3 is 1. The molecule has 1 saturated heterocycles. The van der Waals surface area contributed by atoms with Gasteiger partial charge >= 0.3 is 12.1 Å². The van der Waals surface area contributed by atoms with E-state index in [4.69, 9.17) is 9.47 Å². The molecule has 30 heavy (non-hydrogen) atoms. The van der Waals surface area contributed by atoms with Crippen molar-refractivity contribution in [1.29, 1.82) is 0 Å². The molecule has 1 aliphatic heterocycles. The molecule has 2 aromatic rings. The number of carbonyl (C=O) groups excluding carboxylic acids is 3. The molecule has 1 heterocycles. The van der Waals surface area contributed by atoms with Crippen LogP contribution in [0.2, 0.25) is 0 Å². The number of hydrogen-bond acceptors (Lipinski definition) is 5. The zero-order valence-corrected chi connectivity index (χ0v) is 17.0. The molecule has 0 bridgehead atoms. The van der Waals surface area contributed by atoms with Crippen molar-refractivity contribution >= 4 is 18.0 Å². The van der Waals surface area contributed by atoms with E-state index in [9.17, 15) is 14.4 Å². The maximum absolute atomic E-state index is 12.9. The summed E-state index contributed by atoms with van der Waals surface area (Å²) in [6.45, 7) is 0.580. The molecule has 0 aliphatic carbocycles. The fourth-order valence-electron chi connectivity index (χ4n) is 3.51. The fraction of sp³-hybridized carbons (Fsp3) is 0.348. The van der Waals surface area contributed by atoms with Crippen LogP contribution in [-0.4, -0.2) is 48.6 Å². The van der Waals surface area contributed by atoms with Crippen LogP contribution < -0.4 is 5.32 Å². The van der Waals surface area contributed by atoms with E-state index in [1.807, 2.05) is 60.7 Å². The molecule has 2 atom stereocenters. The molecule has 0 unspecified atom stereocenters. The predicted molar refractivity (Wildman–Crippen MR) is 110 cm³/mol. The van der Waals surface area contributed by atoms with Crippen LogP contribution in [0.15, 0.2) is 60.7 Å². The second kappa shape index (κ2) is 10.4. The first-order valence-corrected chi connectivity index (χ1v) is 9.98. The summed E-state index contributed by atoms with van der Waals surface area (Å²) in [5.41, 5.74) is 1.78. The van der Waals surface area contributed by atoms with Crippen molar-refractivity contribution in [2.45, 2.75) is 38.0 Å². The standard InChI is InChI=1S/C23H26N2O5/c1-29-22(27)19(15-17-9-4-2-5-10-17)24-21(26)20-13-8-14-25(20)23(28)30-16-18-11-6-3-7-12-18/h2-7,9-12,19-20H,8,13-16H2,1H3,(H,24,26)/t19-,20+/m1/s1. The number of likely N-dealkylation sites (tertiary alicyclic amines) is 1. The van der Waals surface area contributed by atoms with Gasteiger partial charge in [-0.1, -0.05) is 60.7 Å². The van der Waals surface area contributed by atoms with Gasteiger partial charge in [-0.3, -0.25) is 9.69 Å². The normalized spacial score (nSPS) is 16.6. The van der Waals surface area contributed by atoms with Crippen LogP contribution in [0.5, 0.6) is 0 Å². The van der Waals surface area contributed by atoms with E-state index in [-0.39, 0.29) is 12.5 Å². The van der Waals surface area contributed by atoms with Crippen LogP contribution in [0.4, 0.5) is 4.79 Å². The van der Waals surface area contributed by atoms with E-state index in [0.717, 1.165) is 11.1 Å². The fourth-order valence-corrected chi connectivity index (χ4v) is 3.51. The number of nitrogens with zero attached hydrogens (tertiary/aromatic N) is 1. The number of esters is 1. The summed E-state index contributed by atoms with van der Waals surface area (Å²) in [7, 11) is 1.29. The Bertz CT molecular complexity index is 856. The third-order valence-corrected chi connectivity index (χ3v) is 5.08. The van der Waals surface area contributed by atoms with E-state index in [0.29, 0.717) is 25.8 Å². The van der Waals surface area contributed by atoms with Crippen LogP contribution in [0.1, 0.15) is 24.0 Å². The highest BCUT2D eigenvalue weighted by atomic mass is 16.6. The maximum atomic E-state index is 12.9. The summed E-state index contributed by atoms with van der Waals surface area (Å²) in [5.74, 6) is -0.904. The van der Waals surface area contributed by atoms with E-state index in [1.165, 1.54) is 12.0 Å². The van der Waals surface area contributed by atoms with E-state index < -0.39 is 24.1 Å². The van der Waals surface area contributed by atoms with Gasteiger partial charge in [0.15, 0.2) is 0 Å². The van der Waals surface area contributed by atoms with Gasteiger partial charge in [-0.05, 0) is 24.0 Å². The highest BCUT2D eigenvalue weighted by Gasteiger charge is 2.37. The Hall–Kier alpha value is -3.35. The Kier molecular flexibility index (Phi) is 7.43. The van der Waals surface area contributed by atoms with Crippen LogP contribution in [0, 0.1) is 0 Å². The average molecular weight is 410 g/mol. The molecule has 0 radical (unpaired) electrons. The third-order valence-electron chi connectivity index (χ3n) is 5.08. The topological polar surface area (TPSA) is 84.9 Å².